The number of nitrogens with one attached hydrogen (secondary N) is 1. The smallest absolute Gasteiger partial charge is 0.354 e. The minimum Gasteiger partial charge on any atom is -0.477 e. The van der Waals surface area contributed by atoms with Crippen LogP contribution in [0.4, 0.5) is 0 Å². The number of carboxylic acids is 1. The first-order valence-corrected chi connectivity index (χ1v) is 6.12. The quantitative estimate of drug-likeness (QED) is 0.834. The van der Waals surface area contributed by atoms with E-state index in [1.807, 2.05) is 0 Å². The molecule has 0 saturated heterocycles. The topological polar surface area (TPSA) is 84.2 Å². The van der Waals surface area contributed by atoms with Gasteiger partial charge in [-0.1, -0.05) is 12.8 Å². The van der Waals surface area contributed by atoms with Crippen LogP contribution in [0.25, 0.3) is 0 Å². The Kier molecular flexibility index (Phi) is 3.64. The van der Waals surface area contributed by atoms with Crippen LogP contribution in [0, 0.1) is 6.92 Å². The standard InChI is InChI=1S/C12H17N3O3/c1-8-13-6-10(12(17)18)15(8)7-11(16)14-9-4-2-3-5-9/h6,9H,2-5,7H2,1H3,(H,14,16)(H,17,18). The third-order valence-corrected chi connectivity index (χ3v) is 3.30. The van der Waals surface area contributed by atoms with Crippen molar-refractivity contribution < 1.29 is 14.7 Å². The van der Waals surface area contributed by atoms with Crippen molar-refractivity contribution in [2.45, 2.75) is 45.2 Å². The molecule has 18 heavy (non-hydrogen) atoms. The van der Waals surface area contributed by atoms with E-state index in [0.717, 1.165) is 25.7 Å². The van der Waals surface area contributed by atoms with Crippen LogP contribution in [0.2, 0.25) is 0 Å². The van der Waals surface area contributed by atoms with Gasteiger partial charge in [0.25, 0.3) is 0 Å². The highest BCUT2D eigenvalue weighted by Gasteiger charge is 2.19. The van der Waals surface area contributed by atoms with Gasteiger partial charge in [0.15, 0.2) is 0 Å². The van der Waals surface area contributed by atoms with E-state index in [4.69, 9.17) is 5.11 Å². The van der Waals surface area contributed by atoms with Gasteiger partial charge in [0.2, 0.25) is 5.91 Å². The number of hydrogen-bond donors (Lipinski definition) is 2. The zero-order valence-electron chi connectivity index (χ0n) is 10.3. The first-order valence-electron chi connectivity index (χ1n) is 6.12. The molecular weight excluding hydrogens is 234 g/mol. The van der Waals surface area contributed by atoms with Gasteiger partial charge in [-0.05, 0) is 19.8 Å². The fourth-order valence-corrected chi connectivity index (χ4v) is 2.33. The highest BCUT2D eigenvalue weighted by Crippen LogP contribution is 2.17. The van der Waals surface area contributed by atoms with Gasteiger partial charge in [0.05, 0.1) is 6.20 Å². The first kappa shape index (κ1) is 12.6. The van der Waals surface area contributed by atoms with Crippen LogP contribution in [0.5, 0.6) is 0 Å². The maximum absolute atomic E-state index is 11.8. The number of amides is 1. The van der Waals surface area contributed by atoms with E-state index in [0.29, 0.717) is 5.82 Å². The second kappa shape index (κ2) is 5.20. The molecule has 1 saturated carbocycles. The van der Waals surface area contributed by atoms with E-state index in [1.54, 1.807) is 6.92 Å². The lowest BCUT2D eigenvalue weighted by molar-refractivity contribution is -0.122. The number of hydrogen-bond acceptors (Lipinski definition) is 3. The Morgan fingerprint density at radius 3 is 2.78 bits per heavy atom. The van der Waals surface area contributed by atoms with Crippen LogP contribution >= 0.6 is 0 Å². The number of carboxylic acid groups (broad SMARTS) is 1. The van der Waals surface area contributed by atoms with E-state index in [9.17, 15) is 9.59 Å². The van der Waals surface area contributed by atoms with Gasteiger partial charge < -0.3 is 15.0 Å². The highest BCUT2D eigenvalue weighted by atomic mass is 16.4. The van der Waals surface area contributed by atoms with E-state index < -0.39 is 5.97 Å². The van der Waals surface area contributed by atoms with Gasteiger partial charge in [-0.3, -0.25) is 4.79 Å². The van der Waals surface area contributed by atoms with Crippen LogP contribution in [0.1, 0.15) is 42.0 Å². The fourth-order valence-electron chi connectivity index (χ4n) is 2.33. The van der Waals surface area contributed by atoms with Crippen molar-refractivity contribution in [3.8, 4) is 0 Å². The number of carbonyl (C=O) groups excluding carboxylic acids is 1. The van der Waals surface area contributed by atoms with Crippen molar-refractivity contribution in [1.29, 1.82) is 0 Å². The Morgan fingerprint density at radius 2 is 2.17 bits per heavy atom. The molecule has 98 valence electrons. The Balaban J connectivity index is 2.01. The molecule has 0 unspecified atom stereocenters. The maximum Gasteiger partial charge on any atom is 0.354 e. The lowest BCUT2D eigenvalue weighted by atomic mass is 10.2. The summed E-state index contributed by atoms with van der Waals surface area (Å²) >= 11 is 0. The molecule has 1 aliphatic rings. The Labute approximate surface area is 105 Å². The van der Waals surface area contributed by atoms with Gasteiger partial charge >= 0.3 is 5.97 Å². The minimum atomic E-state index is -1.07. The number of imidazole rings is 1. The largest absolute Gasteiger partial charge is 0.477 e. The SMILES string of the molecule is Cc1ncc(C(=O)O)n1CC(=O)NC1CCCC1. The average molecular weight is 251 g/mol. The van der Waals surface area contributed by atoms with Gasteiger partial charge in [0.1, 0.15) is 18.1 Å². The summed E-state index contributed by atoms with van der Waals surface area (Å²) in [6.07, 6.45) is 5.60. The molecule has 1 heterocycles. The Bertz CT molecular complexity index is 461. The van der Waals surface area contributed by atoms with Gasteiger partial charge in [-0.2, -0.15) is 0 Å². The zero-order valence-corrected chi connectivity index (χ0v) is 10.3. The van der Waals surface area contributed by atoms with E-state index in [1.165, 1.54) is 10.8 Å². The van der Waals surface area contributed by atoms with Crippen molar-refractivity contribution in [1.82, 2.24) is 14.9 Å². The van der Waals surface area contributed by atoms with E-state index >= 15 is 0 Å². The molecule has 2 N–H and O–H groups in total. The van der Waals surface area contributed by atoms with Gasteiger partial charge in [0, 0.05) is 6.04 Å². The van der Waals surface area contributed by atoms with Gasteiger partial charge in [-0.15, -0.1) is 0 Å². The molecule has 1 fully saturated rings. The predicted octanol–water partition coefficient (Wildman–Crippen LogP) is 0.949. The molecule has 6 nitrogen and oxygen atoms in total. The van der Waals surface area contributed by atoms with Crippen LogP contribution < -0.4 is 5.32 Å². The number of carbonyl (C=O) groups is 2. The molecule has 0 aromatic carbocycles. The molecule has 2 rings (SSSR count). The molecule has 1 aliphatic carbocycles. The lowest BCUT2D eigenvalue weighted by Gasteiger charge is -2.13. The lowest BCUT2D eigenvalue weighted by Crippen LogP contribution is -2.35. The molecule has 1 aromatic rings. The second-order valence-electron chi connectivity index (χ2n) is 4.63. The third-order valence-electron chi connectivity index (χ3n) is 3.30. The van der Waals surface area contributed by atoms with Crippen molar-refractivity contribution >= 4 is 11.9 Å². The van der Waals surface area contributed by atoms with Gasteiger partial charge in [-0.25, -0.2) is 9.78 Å². The summed E-state index contributed by atoms with van der Waals surface area (Å²) in [7, 11) is 0. The first-order chi connectivity index (χ1) is 8.58. The summed E-state index contributed by atoms with van der Waals surface area (Å²) in [5.74, 6) is -0.677. The van der Waals surface area contributed by atoms with Crippen LogP contribution in [-0.4, -0.2) is 32.6 Å². The summed E-state index contributed by atoms with van der Waals surface area (Å²) in [4.78, 5) is 26.7. The molecule has 6 heteroatoms. The molecule has 0 bridgehead atoms. The predicted molar refractivity (Wildman–Crippen MR) is 64.3 cm³/mol. The number of nitrogens with zero attached hydrogens (tertiary/aromatic N) is 2. The van der Waals surface area contributed by atoms with E-state index in [-0.39, 0.29) is 24.2 Å². The Hall–Kier alpha value is -1.85. The molecule has 1 aromatic heterocycles. The normalized spacial score (nSPS) is 15.8. The summed E-state index contributed by atoms with van der Waals surface area (Å²) in [5, 5.41) is 11.9. The maximum atomic E-state index is 11.8. The second-order valence-corrected chi connectivity index (χ2v) is 4.63. The summed E-state index contributed by atoms with van der Waals surface area (Å²) < 4.78 is 1.42. The van der Waals surface area contributed by atoms with Crippen LogP contribution in [0.15, 0.2) is 6.20 Å². The third kappa shape index (κ3) is 2.69. The highest BCUT2D eigenvalue weighted by molar-refractivity contribution is 5.86. The molecule has 0 atom stereocenters. The molecule has 0 aliphatic heterocycles. The summed E-state index contributed by atoms with van der Waals surface area (Å²) in [5.41, 5.74) is 0.0501. The number of aromatic nitrogens is 2. The number of aryl methyl sites for hydroxylation is 1. The summed E-state index contributed by atoms with van der Waals surface area (Å²) in [6, 6.07) is 0.245. The Morgan fingerprint density at radius 1 is 1.50 bits per heavy atom. The number of rotatable bonds is 4. The number of aromatic carboxylic acids is 1. The summed E-state index contributed by atoms with van der Waals surface area (Å²) in [6.45, 7) is 1.71. The zero-order chi connectivity index (χ0) is 13.1. The van der Waals surface area contributed by atoms with Crippen LogP contribution in [0.3, 0.4) is 0 Å². The molecule has 0 radical (unpaired) electrons. The molecule has 1 amide bonds. The van der Waals surface area contributed by atoms with E-state index in [2.05, 4.69) is 10.3 Å². The fraction of sp³-hybridized carbons (Fsp3) is 0.583. The van der Waals surface area contributed by atoms with Crippen molar-refractivity contribution in [3.63, 3.8) is 0 Å². The molecular formula is C12H17N3O3. The average Bonchev–Trinajstić information content (AvgIpc) is 2.90. The van der Waals surface area contributed by atoms with Crippen molar-refractivity contribution in [3.05, 3.63) is 17.7 Å². The monoisotopic (exact) mass is 251 g/mol. The minimum absolute atomic E-state index is 0.0178. The van der Waals surface area contributed by atoms with Crippen molar-refractivity contribution in [2.75, 3.05) is 0 Å². The van der Waals surface area contributed by atoms with Crippen LogP contribution in [-0.2, 0) is 11.3 Å². The van der Waals surface area contributed by atoms with Crippen molar-refractivity contribution in [2.24, 2.45) is 0 Å². The molecule has 0 spiro atoms.